The Morgan fingerprint density at radius 3 is 2.77 bits per heavy atom. The second kappa shape index (κ2) is 2.54. The molecule has 3 N–H and O–H groups in total. The van der Waals surface area contributed by atoms with Gasteiger partial charge in [0.05, 0.1) is 11.7 Å². The molecule has 13 heavy (non-hydrogen) atoms. The highest BCUT2D eigenvalue weighted by Crippen LogP contribution is 2.38. The zero-order chi connectivity index (χ0) is 9.64. The van der Waals surface area contributed by atoms with Gasteiger partial charge in [0.2, 0.25) is 0 Å². The van der Waals surface area contributed by atoms with Crippen molar-refractivity contribution in [3.8, 4) is 0 Å². The average molecular weight is 186 g/mol. The maximum Gasteiger partial charge on any atom is 0.352 e. The summed E-state index contributed by atoms with van der Waals surface area (Å²) in [5.74, 6) is -3.33. The van der Waals surface area contributed by atoms with Crippen molar-refractivity contribution in [3.05, 3.63) is 11.1 Å². The summed E-state index contributed by atoms with van der Waals surface area (Å²) in [5, 5.41) is 27.9. The van der Waals surface area contributed by atoms with E-state index in [9.17, 15) is 20.1 Å². The molecule has 1 heterocycles. The zero-order valence-electron chi connectivity index (χ0n) is 6.86. The summed E-state index contributed by atoms with van der Waals surface area (Å²) in [5.41, 5.74) is 0.132. The van der Waals surface area contributed by atoms with E-state index < -0.39 is 18.0 Å². The molecular formula is C8H10O5. The molecule has 1 atom stereocenters. The Bertz CT molecular complexity index is 291. The second-order valence-corrected chi connectivity index (χ2v) is 3.30. The van der Waals surface area contributed by atoms with Crippen molar-refractivity contribution in [2.75, 3.05) is 0 Å². The van der Waals surface area contributed by atoms with Crippen LogP contribution in [-0.4, -0.2) is 33.4 Å². The Hall–Kier alpha value is -0.910. The van der Waals surface area contributed by atoms with E-state index in [0.717, 1.165) is 0 Å². The second-order valence-electron chi connectivity index (χ2n) is 3.30. The van der Waals surface area contributed by atoms with Gasteiger partial charge < -0.3 is 20.1 Å². The molecule has 2 rings (SSSR count). The van der Waals surface area contributed by atoms with Gasteiger partial charge in [-0.15, -0.1) is 0 Å². The van der Waals surface area contributed by atoms with Crippen LogP contribution in [0.15, 0.2) is 11.1 Å². The van der Waals surface area contributed by atoms with Crippen molar-refractivity contribution < 1.29 is 24.9 Å². The minimum Gasteiger partial charge on any atom is -0.401 e. The number of aliphatic hydroxyl groups excluding tert-OH is 1. The highest BCUT2D eigenvalue weighted by atomic mass is 16.8. The quantitative estimate of drug-likeness (QED) is 0.334. The van der Waals surface area contributed by atoms with Gasteiger partial charge in [-0.3, -0.25) is 0 Å². The Balaban J connectivity index is 2.46. The number of aliphatic hydroxyl groups is 3. The molecular weight excluding hydrogens is 176 g/mol. The molecule has 0 amide bonds. The lowest BCUT2D eigenvalue weighted by Gasteiger charge is -2.23. The highest BCUT2D eigenvalue weighted by Gasteiger charge is 2.49. The van der Waals surface area contributed by atoms with Gasteiger partial charge in [0.1, 0.15) is 0 Å². The van der Waals surface area contributed by atoms with Crippen molar-refractivity contribution in [2.24, 2.45) is 0 Å². The molecule has 0 bridgehead atoms. The number of cyclic esters (lactones) is 1. The van der Waals surface area contributed by atoms with Crippen LogP contribution in [0.25, 0.3) is 0 Å². The van der Waals surface area contributed by atoms with Crippen molar-refractivity contribution >= 4 is 5.97 Å². The Labute approximate surface area is 74.3 Å². The van der Waals surface area contributed by atoms with Gasteiger partial charge >= 0.3 is 11.9 Å². The van der Waals surface area contributed by atoms with Crippen LogP contribution in [0.4, 0.5) is 0 Å². The monoisotopic (exact) mass is 186 g/mol. The molecule has 0 saturated carbocycles. The van der Waals surface area contributed by atoms with E-state index in [1.54, 1.807) is 0 Å². The third kappa shape index (κ3) is 1.16. The first-order valence-corrected chi connectivity index (χ1v) is 4.12. The molecule has 2 aliphatic rings. The summed E-state index contributed by atoms with van der Waals surface area (Å²) in [7, 11) is 0. The molecule has 0 fully saturated rings. The maximum atomic E-state index is 11.1. The average Bonchev–Trinajstić information content (AvgIpc) is 2.24. The Morgan fingerprint density at radius 1 is 1.46 bits per heavy atom. The van der Waals surface area contributed by atoms with Crippen molar-refractivity contribution in [3.63, 3.8) is 0 Å². The summed E-state index contributed by atoms with van der Waals surface area (Å²) >= 11 is 0. The minimum absolute atomic E-state index is 0.0799. The normalized spacial score (nSPS) is 31.6. The molecule has 1 aliphatic heterocycles. The number of carbonyl (C=O) groups is 1. The Morgan fingerprint density at radius 2 is 2.15 bits per heavy atom. The van der Waals surface area contributed by atoms with Crippen molar-refractivity contribution in [1.82, 2.24) is 0 Å². The summed E-state index contributed by atoms with van der Waals surface area (Å²) in [4.78, 5) is 11.1. The first-order valence-electron chi connectivity index (χ1n) is 4.12. The topological polar surface area (TPSA) is 87.0 Å². The lowest BCUT2D eigenvalue weighted by atomic mass is 9.90. The van der Waals surface area contributed by atoms with Gasteiger partial charge in [-0.25, -0.2) is 4.79 Å². The molecule has 5 heteroatoms. The third-order valence-corrected chi connectivity index (χ3v) is 2.39. The number of esters is 1. The molecule has 5 nitrogen and oxygen atoms in total. The lowest BCUT2D eigenvalue weighted by molar-refractivity contribution is -0.288. The number of carbonyl (C=O) groups excluding carboxylic acids is 1. The fourth-order valence-corrected chi connectivity index (χ4v) is 1.82. The van der Waals surface area contributed by atoms with Crippen LogP contribution >= 0.6 is 0 Å². The van der Waals surface area contributed by atoms with Gasteiger partial charge in [-0.05, 0) is 19.3 Å². The van der Waals surface area contributed by atoms with E-state index in [1.807, 2.05) is 0 Å². The molecule has 0 spiro atoms. The van der Waals surface area contributed by atoms with Crippen LogP contribution < -0.4 is 0 Å². The SMILES string of the molecule is O=C1OC(O)(O)C2=C1CCCC2O. The first kappa shape index (κ1) is 8.68. The number of ether oxygens (including phenoxy) is 1. The van der Waals surface area contributed by atoms with Crippen LogP contribution in [0.5, 0.6) is 0 Å². The third-order valence-electron chi connectivity index (χ3n) is 2.39. The fourth-order valence-electron chi connectivity index (χ4n) is 1.82. The molecule has 72 valence electrons. The van der Waals surface area contributed by atoms with Crippen LogP contribution in [0.3, 0.4) is 0 Å². The van der Waals surface area contributed by atoms with E-state index in [2.05, 4.69) is 4.74 Å². The van der Waals surface area contributed by atoms with E-state index in [1.165, 1.54) is 0 Å². The van der Waals surface area contributed by atoms with Gasteiger partial charge in [0.25, 0.3) is 0 Å². The predicted molar refractivity (Wildman–Crippen MR) is 40.1 cm³/mol. The smallest absolute Gasteiger partial charge is 0.352 e. The summed E-state index contributed by atoms with van der Waals surface area (Å²) in [6.07, 6.45) is 0.544. The Kier molecular flexibility index (Phi) is 1.69. The fraction of sp³-hybridized carbons (Fsp3) is 0.625. The molecule has 0 saturated heterocycles. The molecule has 0 aromatic rings. The van der Waals surface area contributed by atoms with Crippen LogP contribution in [-0.2, 0) is 9.53 Å². The standard InChI is InChI=1S/C8H10O5/c9-5-3-1-2-4-6(5)8(11,12)13-7(4)10/h5,9,11-12H,1-3H2. The van der Waals surface area contributed by atoms with E-state index in [0.29, 0.717) is 19.3 Å². The van der Waals surface area contributed by atoms with Gasteiger partial charge in [0.15, 0.2) is 0 Å². The first-order chi connectivity index (χ1) is 6.02. The summed E-state index contributed by atoms with van der Waals surface area (Å²) < 4.78 is 4.30. The van der Waals surface area contributed by atoms with E-state index in [4.69, 9.17) is 0 Å². The van der Waals surface area contributed by atoms with Gasteiger partial charge in [-0.2, -0.15) is 0 Å². The van der Waals surface area contributed by atoms with Crippen molar-refractivity contribution in [1.29, 1.82) is 0 Å². The van der Waals surface area contributed by atoms with Crippen LogP contribution in [0.1, 0.15) is 19.3 Å². The number of rotatable bonds is 0. The van der Waals surface area contributed by atoms with Gasteiger partial charge in [0, 0.05) is 5.57 Å². The van der Waals surface area contributed by atoms with Crippen LogP contribution in [0.2, 0.25) is 0 Å². The number of hydrogen-bond donors (Lipinski definition) is 3. The van der Waals surface area contributed by atoms with Crippen molar-refractivity contribution in [2.45, 2.75) is 31.3 Å². The molecule has 1 aliphatic carbocycles. The lowest BCUT2D eigenvalue weighted by Crippen LogP contribution is -2.36. The van der Waals surface area contributed by atoms with Gasteiger partial charge in [-0.1, -0.05) is 0 Å². The zero-order valence-corrected chi connectivity index (χ0v) is 6.86. The molecule has 0 radical (unpaired) electrons. The van der Waals surface area contributed by atoms with Crippen LogP contribution in [0, 0.1) is 0 Å². The predicted octanol–water partition coefficient (Wildman–Crippen LogP) is -0.977. The molecule has 0 aromatic heterocycles. The summed E-state index contributed by atoms with van der Waals surface area (Å²) in [6.45, 7) is 0. The van der Waals surface area contributed by atoms with E-state index in [-0.39, 0.29) is 11.1 Å². The largest absolute Gasteiger partial charge is 0.401 e. The summed E-state index contributed by atoms with van der Waals surface area (Å²) in [6, 6.07) is 0. The minimum atomic E-state index is -2.59. The molecule has 1 unspecified atom stereocenters. The highest BCUT2D eigenvalue weighted by molar-refractivity contribution is 5.93. The van der Waals surface area contributed by atoms with E-state index >= 15 is 0 Å². The maximum absolute atomic E-state index is 11.1. The number of hydrogen-bond acceptors (Lipinski definition) is 5. The molecule has 0 aromatic carbocycles.